The monoisotopic (exact) mass is 303 g/mol. The summed E-state index contributed by atoms with van der Waals surface area (Å²) in [4.78, 5) is 0.0928. The van der Waals surface area contributed by atoms with E-state index in [0.29, 0.717) is 24.6 Å². The molecule has 1 fully saturated rings. The molecule has 1 aliphatic heterocycles. The molecule has 0 spiro atoms. The van der Waals surface area contributed by atoms with Gasteiger partial charge in [0.15, 0.2) is 0 Å². The number of aliphatic hydroxyl groups is 1. The van der Waals surface area contributed by atoms with Gasteiger partial charge < -0.3 is 5.11 Å². The zero-order chi connectivity index (χ0) is 14.0. The van der Waals surface area contributed by atoms with Crippen molar-refractivity contribution in [3.63, 3.8) is 0 Å². The molecule has 106 valence electrons. The SMILES string of the molecule is CC1CCN(S(=O)(=O)c2cc(CO)ccc2Cl)CC1. The lowest BCUT2D eigenvalue weighted by atomic mass is 10.0. The average Bonchev–Trinajstić information content (AvgIpc) is 2.39. The van der Waals surface area contributed by atoms with Crippen molar-refractivity contribution in [2.75, 3.05) is 13.1 Å². The lowest BCUT2D eigenvalue weighted by Gasteiger charge is -2.29. The summed E-state index contributed by atoms with van der Waals surface area (Å²) in [5.41, 5.74) is 0.549. The van der Waals surface area contributed by atoms with Gasteiger partial charge in [0.25, 0.3) is 0 Å². The fraction of sp³-hybridized carbons (Fsp3) is 0.538. The number of hydrogen-bond acceptors (Lipinski definition) is 3. The second-order valence-electron chi connectivity index (χ2n) is 5.01. The molecule has 4 nitrogen and oxygen atoms in total. The van der Waals surface area contributed by atoms with Gasteiger partial charge in [0.2, 0.25) is 10.0 Å². The van der Waals surface area contributed by atoms with Crippen molar-refractivity contribution in [1.29, 1.82) is 0 Å². The van der Waals surface area contributed by atoms with Gasteiger partial charge in [0.1, 0.15) is 4.90 Å². The molecule has 1 saturated heterocycles. The van der Waals surface area contributed by atoms with Gasteiger partial charge in [-0.15, -0.1) is 0 Å². The third kappa shape index (κ3) is 3.11. The van der Waals surface area contributed by atoms with Gasteiger partial charge in [0.05, 0.1) is 11.6 Å². The molecule has 1 aliphatic rings. The predicted octanol–water partition coefficient (Wildman–Crippen LogP) is 2.25. The maximum absolute atomic E-state index is 12.5. The average molecular weight is 304 g/mol. The third-order valence-corrected chi connectivity index (χ3v) is 5.92. The smallest absolute Gasteiger partial charge is 0.244 e. The Labute approximate surface area is 119 Å². The summed E-state index contributed by atoms with van der Waals surface area (Å²) < 4.78 is 26.6. The van der Waals surface area contributed by atoms with E-state index in [4.69, 9.17) is 16.7 Å². The molecule has 19 heavy (non-hydrogen) atoms. The molecular weight excluding hydrogens is 286 g/mol. The lowest BCUT2D eigenvalue weighted by Crippen LogP contribution is -2.38. The summed E-state index contributed by atoms with van der Waals surface area (Å²) in [6.45, 7) is 2.99. The van der Waals surface area contributed by atoms with Crippen LogP contribution in [0.25, 0.3) is 0 Å². The van der Waals surface area contributed by atoms with Crippen LogP contribution in [-0.2, 0) is 16.6 Å². The fourth-order valence-electron chi connectivity index (χ4n) is 2.21. The van der Waals surface area contributed by atoms with E-state index in [2.05, 4.69) is 6.92 Å². The Morgan fingerprint density at radius 2 is 2.00 bits per heavy atom. The maximum Gasteiger partial charge on any atom is 0.244 e. The first-order valence-corrected chi connectivity index (χ1v) is 8.16. The third-order valence-electron chi connectivity index (χ3n) is 3.54. The summed E-state index contributed by atoms with van der Waals surface area (Å²) in [5, 5.41) is 9.32. The highest BCUT2D eigenvalue weighted by Crippen LogP contribution is 2.28. The number of aliphatic hydroxyl groups excluding tert-OH is 1. The molecule has 1 aromatic carbocycles. The van der Waals surface area contributed by atoms with Crippen molar-refractivity contribution < 1.29 is 13.5 Å². The van der Waals surface area contributed by atoms with Crippen LogP contribution in [0.3, 0.4) is 0 Å². The fourth-order valence-corrected chi connectivity index (χ4v) is 4.20. The largest absolute Gasteiger partial charge is 0.392 e. The Kier molecular flexibility index (Phi) is 4.50. The van der Waals surface area contributed by atoms with E-state index in [0.717, 1.165) is 12.8 Å². The number of halogens is 1. The van der Waals surface area contributed by atoms with Crippen molar-refractivity contribution in [3.8, 4) is 0 Å². The van der Waals surface area contributed by atoms with Gasteiger partial charge >= 0.3 is 0 Å². The van der Waals surface area contributed by atoms with Gasteiger partial charge in [-0.3, -0.25) is 0 Å². The highest BCUT2D eigenvalue weighted by molar-refractivity contribution is 7.89. The van der Waals surface area contributed by atoms with E-state index in [1.807, 2.05) is 0 Å². The molecule has 0 amide bonds. The van der Waals surface area contributed by atoms with Crippen molar-refractivity contribution in [2.24, 2.45) is 5.92 Å². The van der Waals surface area contributed by atoms with Gasteiger partial charge in [-0.1, -0.05) is 24.6 Å². The minimum Gasteiger partial charge on any atom is -0.392 e. The molecule has 0 unspecified atom stereocenters. The first-order chi connectivity index (χ1) is 8.95. The van der Waals surface area contributed by atoms with Crippen molar-refractivity contribution >= 4 is 21.6 Å². The van der Waals surface area contributed by atoms with Crippen LogP contribution in [0.5, 0.6) is 0 Å². The van der Waals surface area contributed by atoms with E-state index in [1.165, 1.54) is 16.4 Å². The van der Waals surface area contributed by atoms with E-state index < -0.39 is 10.0 Å². The minimum absolute atomic E-state index is 0.0928. The normalized spacial score (nSPS) is 18.7. The van der Waals surface area contributed by atoms with Crippen LogP contribution in [0.15, 0.2) is 23.1 Å². The molecular formula is C13H18ClNO3S. The molecule has 0 radical (unpaired) electrons. The van der Waals surface area contributed by atoms with Gasteiger partial charge in [-0.05, 0) is 36.5 Å². The van der Waals surface area contributed by atoms with Crippen LogP contribution in [0.4, 0.5) is 0 Å². The molecule has 0 aromatic heterocycles. The summed E-state index contributed by atoms with van der Waals surface area (Å²) in [6.07, 6.45) is 1.74. The quantitative estimate of drug-likeness (QED) is 0.932. The number of hydrogen-bond donors (Lipinski definition) is 1. The van der Waals surface area contributed by atoms with E-state index >= 15 is 0 Å². The van der Waals surface area contributed by atoms with Crippen LogP contribution in [0, 0.1) is 5.92 Å². The van der Waals surface area contributed by atoms with Crippen LogP contribution >= 0.6 is 11.6 Å². The maximum atomic E-state index is 12.5. The Bertz CT molecular complexity index is 551. The molecule has 6 heteroatoms. The zero-order valence-corrected chi connectivity index (χ0v) is 12.4. The number of piperidine rings is 1. The van der Waals surface area contributed by atoms with Crippen molar-refractivity contribution in [3.05, 3.63) is 28.8 Å². The first kappa shape index (κ1) is 14.8. The summed E-state index contributed by atoms with van der Waals surface area (Å²) in [7, 11) is -3.56. The predicted molar refractivity (Wildman–Crippen MR) is 74.5 cm³/mol. The van der Waals surface area contributed by atoms with Crippen LogP contribution in [0.2, 0.25) is 5.02 Å². The number of benzene rings is 1. The van der Waals surface area contributed by atoms with Gasteiger partial charge in [-0.25, -0.2) is 8.42 Å². The Hall–Kier alpha value is -0.620. The minimum atomic E-state index is -3.56. The molecule has 0 bridgehead atoms. The molecule has 1 heterocycles. The number of sulfonamides is 1. The number of nitrogens with zero attached hydrogens (tertiary/aromatic N) is 1. The lowest BCUT2D eigenvalue weighted by molar-refractivity contribution is 0.281. The van der Waals surface area contributed by atoms with Crippen LogP contribution in [0.1, 0.15) is 25.3 Å². The zero-order valence-electron chi connectivity index (χ0n) is 10.8. The Balaban J connectivity index is 2.34. The van der Waals surface area contributed by atoms with E-state index in [-0.39, 0.29) is 16.5 Å². The van der Waals surface area contributed by atoms with Crippen LogP contribution in [-0.4, -0.2) is 30.9 Å². The molecule has 1 aromatic rings. The van der Waals surface area contributed by atoms with Gasteiger partial charge in [0, 0.05) is 13.1 Å². The standard InChI is InChI=1S/C13H18ClNO3S/c1-10-4-6-15(7-5-10)19(17,18)13-8-11(9-16)2-3-12(13)14/h2-3,8,10,16H,4-7,9H2,1H3. The highest BCUT2D eigenvalue weighted by Gasteiger charge is 2.29. The first-order valence-electron chi connectivity index (χ1n) is 6.34. The Morgan fingerprint density at radius 3 is 2.58 bits per heavy atom. The summed E-state index contributed by atoms with van der Waals surface area (Å²) in [5.74, 6) is 0.561. The van der Waals surface area contributed by atoms with E-state index in [1.54, 1.807) is 6.07 Å². The molecule has 0 saturated carbocycles. The molecule has 1 N–H and O–H groups in total. The number of rotatable bonds is 3. The Morgan fingerprint density at radius 1 is 1.37 bits per heavy atom. The summed E-state index contributed by atoms with van der Waals surface area (Å²) >= 11 is 6.00. The van der Waals surface area contributed by atoms with Gasteiger partial charge in [-0.2, -0.15) is 4.31 Å². The highest BCUT2D eigenvalue weighted by atomic mass is 35.5. The summed E-state index contributed by atoms with van der Waals surface area (Å²) in [6, 6.07) is 4.60. The second-order valence-corrected chi connectivity index (χ2v) is 7.32. The molecule has 0 aliphatic carbocycles. The van der Waals surface area contributed by atoms with Crippen molar-refractivity contribution in [1.82, 2.24) is 4.31 Å². The van der Waals surface area contributed by atoms with Crippen molar-refractivity contribution in [2.45, 2.75) is 31.3 Å². The molecule has 0 atom stereocenters. The second kappa shape index (κ2) is 5.79. The van der Waals surface area contributed by atoms with Crippen LogP contribution < -0.4 is 0 Å². The molecule has 2 rings (SSSR count). The topological polar surface area (TPSA) is 57.6 Å². The van der Waals surface area contributed by atoms with E-state index in [9.17, 15) is 8.42 Å².